The number of nitrogens with zero attached hydrogens (tertiary/aromatic N) is 3. The molecule has 3 aromatic rings. The van der Waals surface area contributed by atoms with Gasteiger partial charge in [0.25, 0.3) is 5.91 Å². The highest BCUT2D eigenvalue weighted by atomic mass is 19.1. The van der Waals surface area contributed by atoms with Gasteiger partial charge in [0, 0.05) is 31.7 Å². The summed E-state index contributed by atoms with van der Waals surface area (Å²) in [6.07, 6.45) is 2.05. The fourth-order valence-corrected chi connectivity index (χ4v) is 4.34. The Morgan fingerprint density at radius 2 is 2.00 bits per heavy atom. The number of piperidine rings is 1. The molecule has 2 amide bonds. The smallest absolute Gasteiger partial charge is 0.255 e. The molecule has 0 spiro atoms. The SMILES string of the molecule is N#Cc1ccccc1-c1ccc(C(=O)NCCN2CCCC(N)C2=O)c(NCCc2cccc(F)c2)n1. The Balaban J connectivity index is 1.50. The van der Waals surface area contributed by atoms with Gasteiger partial charge in [0.15, 0.2) is 0 Å². The van der Waals surface area contributed by atoms with Crippen molar-refractivity contribution in [1.29, 1.82) is 5.26 Å². The van der Waals surface area contributed by atoms with Crippen LogP contribution in [-0.2, 0) is 11.2 Å². The van der Waals surface area contributed by atoms with Crippen molar-refractivity contribution in [3.05, 3.63) is 83.2 Å². The normalized spacial score (nSPS) is 15.2. The number of carbonyl (C=O) groups is 2. The Morgan fingerprint density at radius 3 is 2.81 bits per heavy atom. The molecule has 8 nitrogen and oxygen atoms in total. The molecule has 1 aliphatic rings. The molecule has 2 heterocycles. The molecule has 9 heteroatoms. The third-order valence-electron chi connectivity index (χ3n) is 6.30. The van der Waals surface area contributed by atoms with E-state index in [9.17, 15) is 19.2 Å². The van der Waals surface area contributed by atoms with Crippen LogP contribution in [-0.4, -0.2) is 53.9 Å². The maximum Gasteiger partial charge on any atom is 0.255 e. The summed E-state index contributed by atoms with van der Waals surface area (Å²) in [6, 6.07) is 18.5. The monoisotopic (exact) mass is 500 g/mol. The van der Waals surface area contributed by atoms with E-state index in [2.05, 4.69) is 21.7 Å². The fraction of sp³-hybridized carbons (Fsp3) is 0.286. The highest BCUT2D eigenvalue weighted by Gasteiger charge is 2.25. The summed E-state index contributed by atoms with van der Waals surface area (Å²) in [5.74, 6) is -0.383. The largest absolute Gasteiger partial charge is 0.369 e. The van der Waals surface area contributed by atoms with Gasteiger partial charge in [-0.2, -0.15) is 5.26 Å². The first kappa shape index (κ1) is 25.8. The van der Waals surface area contributed by atoms with Crippen LogP contribution in [0.3, 0.4) is 0 Å². The van der Waals surface area contributed by atoms with E-state index in [4.69, 9.17) is 5.73 Å². The molecule has 1 aromatic heterocycles. The van der Waals surface area contributed by atoms with E-state index < -0.39 is 6.04 Å². The molecule has 0 saturated carbocycles. The van der Waals surface area contributed by atoms with Gasteiger partial charge in [-0.05, 0) is 55.2 Å². The number of aromatic nitrogens is 1. The molecule has 37 heavy (non-hydrogen) atoms. The molecule has 0 aliphatic carbocycles. The molecule has 4 rings (SSSR count). The summed E-state index contributed by atoms with van der Waals surface area (Å²) in [7, 11) is 0. The average Bonchev–Trinajstić information content (AvgIpc) is 2.91. The topological polar surface area (TPSA) is 124 Å². The van der Waals surface area contributed by atoms with E-state index in [0.717, 1.165) is 12.0 Å². The average molecular weight is 501 g/mol. The van der Waals surface area contributed by atoms with Crippen LogP contribution in [0.1, 0.15) is 34.3 Å². The van der Waals surface area contributed by atoms with Crippen molar-refractivity contribution in [3.8, 4) is 17.3 Å². The van der Waals surface area contributed by atoms with Crippen LogP contribution in [0.4, 0.5) is 10.2 Å². The lowest BCUT2D eigenvalue weighted by Crippen LogP contribution is -2.50. The molecule has 0 bridgehead atoms. The van der Waals surface area contributed by atoms with Crippen LogP contribution in [0, 0.1) is 17.1 Å². The van der Waals surface area contributed by atoms with Crippen LogP contribution < -0.4 is 16.4 Å². The summed E-state index contributed by atoms with van der Waals surface area (Å²) in [5, 5.41) is 15.6. The molecule has 1 aliphatic heterocycles. The van der Waals surface area contributed by atoms with Crippen LogP contribution >= 0.6 is 0 Å². The van der Waals surface area contributed by atoms with Crippen LogP contribution in [0.15, 0.2) is 60.7 Å². The molecular formula is C28H29FN6O2. The van der Waals surface area contributed by atoms with E-state index in [-0.39, 0.29) is 24.2 Å². The minimum Gasteiger partial charge on any atom is -0.369 e. The van der Waals surface area contributed by atoms with Crippen LogP contribution in [0.5, 0.6) is 0 Å². The Morgan fingerprint density at radius 1 is 1.16 bits per heavy atom. The van der Waals surface area contributed by atoms with Crippen molar-refractivity contribution >= 4 is 17.6 Å². The van der Waals surface area contributed by atoms with Crippen LogP contribution in [0.2, 0.25) is 0 Å². The molecule has 1 fully saturated rings. The van der Waals surface area contributed by atoms with Gasteiger partial charge in [0.1, 0.15) is 11.6 Å². The summed E-state index contributed by atoms with van der Waals surface area (Å²) < 4.78 is 13.6. The fourth-order valence-electron chi connectivity index (χ4n) is 4.34. The Hall–Kier alpha value is -4.29. The van der Waals surface area contributed by atoms with Crippen molar-refractivity contribution in [2.24, 2.45) is 5.73 Å². The van der Waals surface area contributed by atoms with E-state index in [0.29, 0.717) is 60.7 Å². The van der Waals surface area contributed by atoms with E-state index >= 15 is 0 Å². The van der Waals surface area contributed by atoms with Gasteiger partial charge in [-0.25, -0.2) is 9.37 Å². The zero-order chi connectivity index (χ0) is 26.2. The Labute approximate surface area is 215 Å². The van der Waals surface area contributed by atoms with Gasteiger partial charge in [-0.3, -0.25) is 9.59 Å². The number of hydrogen-bond acceptors (Lipinski definition) is 6. The number of carbonyl (C=O) groups excluding carboxylic acids is 2. The quantitative estimate of drug-likeness (QED) is 0.415. The number of anilines is 1. The van der Waals surface area contributed by atoms with E-state index in [1.54, 1.807) is 41.3 Å². The third-order valence-corrected chi connectivity index (χ3v) is 6.30. The Bertz CT molecular complexity index is 1320. The van der Waals surface area contributed by atoms with Gasteiger partial charge in [-0.15, -0.1) is 0 Å². The summed E-state index contributed by atoms with van der Waals surface area (Å²) in [6.45, 7) is 1.70. The van der Waals surface area contributed by atoms with E-state index in [1.807, 2.05) is 12.1 Å². The van der Waals surface area contributed by atoms with E-state index in [1.165, 1.54) is 12.1 Å². The van der Waals surface area contributed by atoms with Crippen molar-refractivity contribution < 1.29 is 14.0 Å². The number of nitrogens with one attached hydrogen (secondary N) is 2. The number of rotatable bonds is 9. The number of nitriles is 1. The van der Waals surface area contributed by atoms with Crippen LogP contribution in [0.25, 0.3) is 11.3 Å². The molecule has 1 unspecified atom stereocenters. The standard InChI is InChI=1S/C28H29FN6O2/c29-21-7-3-5-19(17-21)12-13-32-26-23(10-11-25(34-26)22-8-2-1-6-20(22)18-30)27(36)33-14-16-35-15-4-9-24(31)28(35)37/h1-3,5-8,10-11,17,24H,4,9,12-16,31H2,(H,32,34)(H,33,36). The lowest BCUT2D eigenvalue weighted by molar-refractivity contribution is -0.134. The predicted octanol–water partition coefficient (Wildman–Crippen LogP) is 3.09. The van der Waals surface area contributed by atoms with Crippen molar-refractivity contribution in [1.82, 2.24) is 15.2 Å². The lowest BCUT2D eigenvalue weighted by atomic mass is 10.0. The molecule has 2 aromatic carbocycles. The minimum atomic E-state index is -0.480. The number of nitrogens with two attached hydrogens (primary N) is 1. The van der Waals surface area contributed by atoms with Gasteiger partial charge in [0.05, 0.1) is 28.9 Å². The number of amides is 2. The van der Waals surface area contributed by atoms with Crippen molar-refractivity contribution in [2.45, 2.75) is 25.3 Å². The number of halogens is 1. The first-order valence-electron chi connectivity index (χ1n) is 12.3. The maximum absolute atomic E-state index is 13.6. The van der Waals surface area contributed by atoms with Crippen molar-refractivity contribution in [3.63, 3.8) is 0 Å². The molecule has 1 atom stereocenters. The molecule has 190 valence electrons. The predicted molar refractivity (Wildman–Crippen MR) is 139 cm³/mol. The summed E-state index contributed by atoms with van der Waals surface area (Å²) in [5.41, 5.74) is 8.68. The first-order chi connectivity index (χ1) is 18.0. The molecule has 4 N–H and O–H groups in total. The lowest BCUT2D eigenvalue weighted by Gasteiger charge is -2.30. The summed E-state index contributed by atoms with van der Waals surface area (Å²) in [4.78, 5) is 31.6. The molecule has 0 radical (unpaired) electrons. The highest BCUT2D eigenvalue weighted by Crippen LogP contribution is 2.25. The first-order valence-corrected chi connectivity index (χ1v) is 12.3. The van der Waals surface area contributed by atoms with Gasteiger partial charge < -0.3 is 21.3 Å². The minimum absolute atomic E-state index is 0.0950. The van der Waals surface area contributed by atoms with Gasteiger partial charge in [-0.1, -0.05) is 30.3 Å². The second-order valence-electron chi connectivity index (χ2n) is 8.89. The maximum atomic E-state index is 13.6. The zero-order valence-electron chi connectivity index (χ0n) is 20.4. The highest BCUT2D eigenvalue weighted by molar-refractivity contribution is 5.99. The zero-order valence-corrected chi connectivity index (χ0v) is 20.4. The second kappa shape index (κ2) is 12.1. The number of pyridine rings is 1. The third kappa shape index (κ3) is 6.48. The number of hydrogen-bond donors (Lipinski definition) is 3. The number of benzene rings is 2. The van der Waals surface area contributed by atoms with Gasteiger partial charge in [0.2, 0.25) is 5.91 Å². The molecule has 1 saturated heterocycles. The molecular weight excluding hydrogens is 471 g/mol. The number of likely N-dealkylation sites (tertiary alicyclic amines) is 1. The second-order valence-corrected chi connectivity index (χ2v) is 8.89. The summed E-state index contributed by atoms with van der Waals surface area (Å²) >= 11 is 0. The Kier molecular flexibility index (Phi) is 8.44. The van der Waals surface area contributed by atoms with Crippen molar-refractivity contribution in [2.75, 3.05) is 31.5 Å². The van der Waals surface area contributed by atoms with Gasteiger partial charge >= 0.3 is 0 Å².